The number of nitrogens with one attached hydrogen (secondary N) is 1. The minimum absolute atomic E-state index is 0.0250. The highest BCUT2D eigenvalue weighted by Gasteiger charge is 2.42. The summed E-state index contributed by atoms with van der Waals surface area (Å²) in [5.41, 5.74) is 1.26. The number of nitrogens with zero attached hydrogens (tertiary/aromatic N) is 1. The maximum atomic E-state index is 13.0. The largest absolute Gasteiger partial charge is 0.478 e. The van der Waals surface area contributed by atoms with Crippen LogP contribution in [-0.4, -0.2) is 41.4 Å². The minimum Gasteiger partial charge on any atom is -0.478 e. The van der Waals surface area contributed by atoms with Crippen LogP contribution in [0.3, 0.4) is 0 Å². The van der Waals surface area contributed by atoms with Gasteiger partial charge in [0.2, 0.25) is 5.91 Å². The molecule has 24 heavy (non-hydrogen) atoms. The zero-order valence-electron chi connectivity index (χ0n) is 14.9. The van der Waals surface area contributed by atoms with Gasteiger partial charge >= 0.3 is 0 Å². The molecular weight excluding hydrogens is 304 g/mol. The van der Waals surface area contributed by atoms with Crippen molar-refractivity contribution in [3.63, 3.8) is 0 Å². The monoisotopic (exact) mass is 330 g/mol. The van der Waals surface area contributed by atoms with Crippen molar-refractivity contribution >= 4 is 11.8 Å². The van der Waals surface area contributed by atoms with Crippen molar-refractivity contribution in [2.24, 2.45) is 5.92 Å². The van der Waals surface area contributed by atoms with Crippen molar-refractivity contribution in [2.45, 2.75) is 52.2 Å². The summed E-state index contributed by atoms with van der Waals surface area (Å²) in [6.07, 6.45) is 1.46. The summed E-state index contributed by atoms with van der Waals surface area (Å²) in [7, 11) is 0. The molecule has 2 aliphatic heterocycles. The van der Waals surface area contributed by atoms with Gasteiger partial charge in [0.1, 0.15) is 5.75 Å². The molecule has 2 aliphatic rings. The van der Waals surface area contributed by atoms with Crippen LogP contribution in [0.2, 0.25) is 0 Å². The number of aryl methyl sites for hydroxylation is 1. The van der Waals surface area contributed by atoms with E-state index in [1.54, 1.807) is 0 Å². The molecule has 0 spiro atoms. The van der Waals surface area contributed by atoms with E-state index in [2.05, 4.69) is 5.32 Å². The number of likely N-dealkylation sites (tertiary alicyclic amines) is 1. The minimum atomic E-state index is -0.937. The quantitative estimate of drug-likeness (QED) is 0.924. The molecule has 0 saturated carbocycles. The maximum absolute atomic E-state index is 13.0. The highest BCUT2D eigenvalue weighted by atomic mass is 16.5. The maximum Gasteiger partial charge on any atom is 0.266 e. The van der Waals surface area contributed by atoms with Crippen LogP contribution in [0.25, 0.3) is 0 Å². The fourth-order valence-electron chi connectivity index (χ4n) is 3.63. The van der Waals surface area contributed by atoms with E-state index >= 15 is 0 Å². The van der Waals surface area contributed by atoms with E-state index in [4.69, 9.17) is 4.74 Å². The first-order chi connectivity index (χ1) is 11.3. The van der Waals surface area contributed by atoms with Gasteiger partial charge in [0.05, 0.1) is 0 Å². The Morgan fingerprint density at radius 1 is 1.33 bits per heavy atom. The molecule has 2 atom stereocenters. The summed E-state index contributed by atoms with van der Waals surface area (Å²) in [6, 6.07) is 5.97. The van der Waals surface area contributed by atoms with E-state index in [0.717, 1.165) is 23.3 Å². The molecule has 0 aromatic heterocycles. The molecule has 2 fully saturated rings. The van der Waals surface area contributed by atoms with Gasteiger partial charge in [-0.25, -0.2) is 0 Å². The normalized spacial score (nSPS) is 23.7. The second kappa shape index (κ2) is 6.11. The predicted octanol–water partition coefficient (Wildman–Crippen LogP) is 2.20. The van der Waals surface area contributed by atoms with Crippen LogP contribution >= 0.6 is 0 Å². The van der Waals surface area contributed by atoms with Gasteiger partial charge < -0.3 is 15.0 Å². The Morgan fingerprint density at radius 2 is 2.08 bits per heavy atom. The number of hydrogen-bond acceptors (Lipinski definition) is 3. The van der Waals surface area contributed by atoms with Crippen LogP contribution in [0.5, 0.6) is 5.75 Å². The topological polar surface area (TPSA) is 58.6 Å². The predicted molar refractivity (Wildman–Crippen MR) is 91.9 cm³/mol. The van der Waals surface area contributed by atoms with Crippen molar-refractivity contribution in [3.8, 4) is 5.75 Å². The molecule has 2 heterocycles. The van der Waals surface area contributed by atoms with E-state index in [1.807, 2.05) is 50.8 Å². The van der Waals surface area contributed by atoms with E-state index in [1.165, 1.54) is 0 Å². The third kappa shape index (κ3) is 3.12. The lowest BCUT2D eigenvalue weighted by Crippen LogP contribution is -2.55. The first-order valence-corrected chi connectivity index (χ1v) is 8.62. The molecule has 0 aliphatic carbocycles. The second-order valence-corrected chi connectivity index (χ2v) is 7.49. The van der Waals surface area contributed by atoms with Gasteiger partial charge in [0, 0.05) is 25.6 Å². The van der Waals surface area contributed by atoms with Crippen molar-refractivity contribution in [3.05, 3.63) is 29.3 Å². The van der Waals surface area contributed by atoms with E-state index in [-0.39, 0.29) is 17.9 Å². The van der Waals surface area contributed by atoms with Crippen LogP contribution in [0.1, 0.15) is 37.8 Å². The molecule has 130 valence electrons. The van der Waals surface area contributed by atoms with Gasteiger partial charge in [-0.05, 0) is 57.2 Å². The van der Waals surface area contributed by atoms with Gasteiger partial charge in [-0.2, -0.15) is 0 Å². The number of benzene rings is 1. The van der Waals surface area contributed by atoms with Crippen LogP contribution in [-0.2, 0) is 9.59 Å². The first-order valence-electron chi connectivity index (χ1n) is 8.62. The average molecular weight is 330 g/mol. The number of rotatable bonds is 3. The van der Waals surface area contributed by atoms with Gasteiger partial charge in [0.25, 0.3) is 5.91 Å². The SMILES string of the molecule is Cc1cccc(OC(C)(C)C(=O)N2CC[C@@H]3CC(=O)N[C@@H]3C2)c1C. The molecule has 0 unspecified atom stereocenters. The standard InChI is InChI=1S/C19H26N2O3/c1-12-6-5-7-16(13(12)2)24-19(3,4)18(23)21-9-8-14-10-17(22)20-15(14)11-21/h5-7,14-15H,8-11H2,1-4H3,(H,20,22)/t14-,15-/m1/s1. The van der Waals surface area contributed by atoms with Crippen molar-refractivity contribution in [1.29, 1.82) is 0 Å². The molecule has 5 heteroatoms. The fourth-order valence-corrected chi connectivity index (χ4v) is 3.63. The number of hydrogen-bond donors (Lipinski definition) is 1. The van der Waals surface area contributed by atoms with Crippen molar-refractivity contribution < 1.29 is 14.3 Å². The number of carbonyl (C=O) groups is 2. The lowest BCUT2D eigenvalue weighted by Gasteiger charge is -2.38. The Hall–Kier alpha value is -2.04. The van der Waals surface area contributed by atoms with Gasteiger partial charge in [-0.15, -0.1) is 0 Å². The van der Waals surface area contributed by atoms with E-state index in [0.29, 0.717) is 25.4 Å². The van der Waals surface area contributed by atoms with Gasteiger partial charge in [-0.1, -0.05) is 12.1 Å². The van der Waals surface area contributed by atoms with E-state index < -0.39 is 5.60 Å². The lowest BCUT2D eigenvalue weighted by molar-refractivity contribution is -0.147. The number of amides is 2. The smallest absolute Gasteiger partial charge is 0.266 e. The number of carbonyl (C=O) groups excluding carboxylic acids is 2. The van der Waals surface area contributed by atoms with Crippen molar-refractivity contribution in [1.82, 2.24) is 10.2 Å². The number of fused-ring (bicyclic) bond motifs is 1. The summed E-state index contributed by atoms with van der Waals surface area (Å²) in [4.78, 5) is 26.4. The zero-order chi connectivity index (χ0) is 17.5. The summed E-state index contributed by atoms with van der Waals surface area (Å²) in [6.45, 7) is 8.94. The molecule has 0 bridgehead atoms. The molecule has 5 nitrogen and oxygen atoms in total. The van der Waals surface area contributed by atoms with Gasteiger partial charge in [-0.3, -0.25) is 9.59 Å². The summed E-state index contributed by atoms with van der Waals surface area (Å²) < 4.78 is 6.08. The molecular formula is C19H26N2O3. The van der Waals surface area contributed by atoms with Crippen molar-refractivity contribution in [2.75, 3.05) is 13.1 Å². The Labute approximate surface area is 143 Å². The molecule has 2 saturated heterocycles. The molecule has 3 rings (SSSR count). The van der Waals surface area contributed by atoms with Crippen LogP contribution in [0, 0.1) is 19.8 Å². The number of piperidine rings is 1. The molecule has 0 radical (unpaired) electrons. The van der Waals surface area contributed by atoms with Crippen LogP contribution < -0.4 is 10.1 Å². The Bertz CT molecular complexity index is 669. The Kier molecular flexibility index (Phi) is 4.28. The summed E-state index contributed by atoms with van der Waals surface area (Å²) in [5, 5.41) is 2.98. The third-order valence-electron chi connectivity index (χ3n) is 5.27. The number of ether oxygens (including phenoxy) is 1. The fraction of sp³-hybridized carbons (Fsp3) is 0.579. The average Bonchev–Trinajstić information content (AvgIpc) is 2.90. The second-order valence-electron chi connectivity index (χ2n) is 7.49. The zero-order valence-corrected chi connectivity index (χ0v) is 14.9. The highest BCUT2D eigenvalue weighted by Crippen LogP contribution is 2.30. The lowest BCUT2D eigenvalue weighted by atomic mass is 9.91. The first kappa shape index (κ1) is 16.8. The summed E-state index contributed by atoms with van der Waals surface area (Å²) in [5.74, 6) is 1.19. The Morgan fingerprint density at radius 3 is 2.83 bits per heavy atom. The third-order valence-corrected chi connectivity index (χ3v) is 5.27. The Balaban J connectivity index is 1.71. The molecule has 1 aromatic carbocycles. The van der Waals surface area contributed by atoms with Crippen LogP contribution in [0.15, 0.2) is 18.2 Å². The molecule has 1 aromatic rings. The molecule has 2 amide bonds. The van der Waals surface area contributed by atoms with Gasteiger partial charge in [0.15, 0.2) is 5.60 Å². The van der Waals surface area contributed by atoms with Crippen LogP contribution in [0.4, 0.5) is 0 Å². The summed E-state index contributed by atoms with van der Waals surface area (Å²) >= 11 is 0. The van der Waals surface area contributed by atoms with E-state index in [9.17, 15) is 9.59 Å². The molecule has 1 N–H and O–H groups in total. The highest BCUT2D eigenvalue weighted by molar-refractivity contribution is 5.85.